The van der Waals surface area contributed by atoms with E-state index in [1.54, 1.807) is 24.3 Å². The van der Waals surface area contributed by atoms with Gasteiger partial charge in [0.05, 0.1) is 12.2 Å². The fraction of sp³-hybridized carbons (Fsp3) is 0.182. The summed E-state index contributed by atoms with van der Waals surface area (Å²) in [6, 6.07) is 11.6. The highest BCUT2D eigenvalue weighted by Crippen LogP contribution is 2.32. The van der Waals surface area contributed by atoms with Crippen molar-refractivity contribution in [2.75, 3.05) is 18.5 Å². The second-order valence-corrected chi connectivity index (χ2v) is 6.42. The van der Waals surface area contributed by atoms with Crippen LogP contribution in [0.15, 0.2) is 66.9 Å². The molecule has 2 aromatic rings. The molecule has 0 bridgehead atoms. The third-order valence-corrected chi connectivity index (χ3v) is 4.27. The van der Waals surface area contributed by atoms with E-state index in [2.05, 4.69) is 16.6 Å². The first-order valence-electron chi connectivity index (χ1n) is 9.31. The summed E-state index contributed by atoms with van der Waals surface area (Å²) in [7, 11) is 0. The molecule has 0 radical (unpaired) electrons. The Hall–Kier alpha value is -3.75. The second-order valence-electron chi connectivity index (χ2n) is 6.42. The average molecular weight is 432 g/mol. The van der Waals surface area contributed by atoms with E-state index in [1.807, 2.05) is 6.92 Å². The number of alkyl halides is 3. The zero-order valence-electron chi connectivity index (χ0n) is 16.5. The number of hydrogen-bond acceptors (Lipinski definition) is 5. The molecule has 2 amide bonds. The van der Waals surface area contributed by atoms with Gasteiger partial charge in [-0.1, -0.05) is 24.3 Å². The van der Waals surface area contributed by atoms with Crippen LogP contribution in [0.2, 0.25) is 0 Å². The zero-order chi connectivity index (χ0) is 22.6. The fourth-order valence-corrected chi connectivity index (χ4v) is 3.05. The number of hydrogen-bond donors (Lipinski definition) is 1. The van der Waals surface area contributed by atoms with Crippen molar-refractivity contribution in [2.45, 2.75) is 13.3 Å². The van der Waals surface area contributed by atoms with Crippen molar-refractivity contribution in [2.24, 2.45) is 0 Å². The quantitative estimate of drug-likeness (QED) is 0.496. The Morgan fingerprint density at radius 3 is 2.39 bits per heavy atom. The van der Waals surface area contributed by atoms with Crippen molar-refractivity contribution < 1.29 is 32.2 Å². The Labute approximate surface area is 176 Å². The van der Waals surface area contributed by atoms with E-state index in [4.69, 9.17) is 4.74 Å². The minimum Gasteiger partial charge on any atom is -0.494 e. The smallest absolute Gasteiger partial charge is 0.494 e. The molecule has 1 N–H and O–H groups in total. The zero-order valence-corrected chi connectivity index (χ0v) is 16.5. The van der Waals surface area contributed by atoms with Gasteiger partial charge in [0.25, 0.3) is 11.8 Å². The third-order valence-electron chi connectivity index (χ3n) is 4.27. The number of anilines is 1. The second kappa shape index (κ2) is 8.95. The lowest BCUT2D eigenvalue weighted by Gasteiger charge is -2.13. The number of benzene rings is 2. The van der Waals surface area contributed by atoms with Gasteiger partial charge in [0, 0.05) is 18.3 Å². The van der Waals surface area contributed by atoms with Crippen molar-refractivity contribution >= 4 is 23.1 Å². The van der Waals surface area contributed by atoms with Gasteiger partial charge in [0.15, 0.2) is 0 Å². The summed E-state index contributed by atoms with van der Waals surface area (Å²) in [5.41, 5.74) is 0.651. The number of nitrogens with zero attached hydrogens (tertiary/aromatic N) is 1. The minimum atomic E-state index is -4.86. The Morgan fingerprint density at radius 1 is 1.06 bits per heavy atom. The van der Waals surface area contributed by atoms with Crippen molar-refractivity contribution in [3.05, 3.63) is 72.4 Å². The molecule has 31 heavy (non-hydrogen) atoms. The summed E-state index contributed by atoms with van der Waals surface area (Å²) >= 11 is 0. The van der Waals surface area contributed by atoms with Gasteiger partial charge in [-0.15, -0.1) is 19.8 Å². The Bertz CT molecular complexity index is 1030. The third kappa shape index (κ3) is 5.06. The Balaban J connectivity index is 2.00. The van der Waals surface area contributed by atoms with Gasteiger partial charge in [-0.2, -0.15) is 0 Å². The van der Waals surface area contributed by atoms with Crippen LogP contribution in [0.25, 0.3) is 5.57 Å². The normalized spacial score (nSPS) is 14.1. The molecule has 0 saturated carbocycles. The summed E-state index contributed by atoms with van der Waals surface area (Å²) in [5.74, 6) is -1.02. The molecule has 1 aliphatic rings. The van der Waals surface area contributed by atoms with Crippen LogP contribution in [0, 0.1) is 0 Å². The van der Waals surface area contributed by atoms with Crippen LogP contribution in [0.3, 0.4) is 0 Å². The molecule has 3 rings (SSSR count). The van der Waals surface area contributed by atoms with E-state index >= 15 is 0 Å². The highest BCUT2D eigenvalue weighted by atomic mass is 19.4. The maximum Gasteiger partial charge on any atom is 0.573 e. The first-order chi connectivity index (χ1) is 14.7. The lowest BCUT2D eigenvalue weighted by molar-refractivity contribution is -0.274. The van der Waals surface area contributed by atoms with Gasteiger partial charge in [0.1, 0.15) is 17.2 Å². The molecule has 0 atom stereocenters. The van der Waals surface area contributed by atoms with Crippen molar-refractivity contribution in [1.82, 2.24) is 4.90 Å². The van der Waals surface area contributed by atoms with Crippen molar-refractivity contribution in [1.29, 1.82) is 0 Å². The highest BCUT2D eigenvalue weighted by Gasteiger charge is 2.38. The van der Waals surface area contributed by atoms with Gasteiger partial charge in [-0.05, 0) is 36.8 Å². The van der Waals surface area contributed by atoms with Crippen LogP contribution in [-0.2, 0) is 9.59 Å². The lowest BCUT2D eigenvalue weighted by Crippen LogP contribution is -2.32. The van der Waals surface area contributed by atoms with Crippen LogP contribution in [0.1, 0.15) is 12.5 Å². The predicted molar refractivity (Wildman–Crippen MR) is 108 cm³/mol. The van der Waals surface area contributed by atoms with Crippen LogP contribution >= 0.6 is 0 Å². The predicted octanol–water partition coefficient (Wildman–Crippen LogP) is 4.36. The van der Waals surface area contributed by atoms with Crippen LogP contribution in [-0.4, -0.2) is 36.2 Å². The summed E-state index contributed by atoms with van der Waals surface area (Å²) in [5, 5.41) is 2.78. The maximum atomic E-state index is 12.9. The molecule has 0 aliphatic carbocycles. The van der Waals surface area contributed by atoms with E-state index in [-0.39, 0.29) is 23.5 Å². The molecule has 6 nitrogen and oxygen atoms in total. The SMILES string of the molecule is C=CCN1C(=O)C(Nc2cccc(OC(F)(F)F)c2)=C(c2ccc(OCC)cc2)C1=O. The van der Waals surface area contributed by atoms with E-state index in [9.17, 15) is 22.8 Å². The van der Waals surface area contributed by atoms with Gasteiger partial charge in [-0.3, -0.25) is 14.5 Å². The first-order valence-corrected chi connectivity index (χ1v) is 9.31. The number of halogens is 3. The summed E-state index contributed by atoms with van der Waals surface area (Å²) in [6.45, 7) is 5.84. The van der Waals surface area contributed by atoms with Crippen molar-refractivity contribution in [3.63, 3.8) is 0 Å². The summed E-state index contributed by atoms with van der Waals surface area (Å²) in [4.78, 5) is 26.8. The molecule has 0 spiro atoms. The van der Waals surface area contributed by atoms with Gasteiger partial charge in [0.2, 0.25) is 0 Å². The number of carbonyl (C=O) groups is 2. The topological polar surface area (TPSA) is 67.9 Å². The lowest BCUT2D eigenvalue weighted by atomic mass is 10.0. The van der Waals surface area contributed by atoms with E-state index in [1.165, 1.54) is 18.2 Å². The van der Waals surface area contributed by atoms with Crippen molar-refractivity contribution in [3.8, 4) is 11.5 Å². The van der Waals surface area contributed by atoms with Crippen LogP contribution in [0.4, 0.5) is 18.9 Å². The minimum absolute atomic E-state index is 0.0133. The molecule has 2 aromatic carbocycles. The highest BCUT2D eigenvalue weighted by molar-refractivity contribution is 6.36. The van der Waals surface area contributed by atoms with Crippen LogP contribution in [0.5, 0.6) is 11.5 Å². The number of imide groups is 1. The summed E-state index contributed by atoms with van der Waals surface area (Å²) in [6.07, 6.45) is -3.45. The number of nitrogens with one attached hydrogen (secondary N) is 1. The molecule has 9 heteroatoms. The number of rotatable bonds is 8. The van der Waals surface area contributed by atoms with Gasteiger partial charge < -0.3 is 14.8 Å². The molecule has 1 heterocycles. The summed E-state index contributed by atoms with van der Waals surface area (Å²) < 4.78 is 46.9. The molecular formula is C22H19F3N2O4. The van der Waals surface area contributed by atoms with Crippen LogP contribution < -0.4 is 14.8 Å². The average Bonchev–Trinajstić information content (AvgIpc) is 2.93. The molecule has 0 aromatic heterocycles. The monoisotopic (exact) mass is 432 g/mol. The number of carbonyl (C=O) groups excluding carboxylic acids is 2. The molecule has 0 saturated heterocycles. The van der Waals surface area contributed by atoms with E-state index < -0.39 is 23.9 Å². The Kier molecular flexibility index (Phi) is 6.33. The first kappa shape index (κ1) is 21.9. The maximum absolute atomic E-state index is 12.9. The molecule has 162 valence electrons. The standard InChI is InChI=1S/C22H19F3N2O4/c1-3-12-27-20(28)18(14-8-10-16(11-9-14)30-4-2)19(21(27)29)26-15-6-5-7-17(13-15)31-22(23,24)25/h3,5-11,13,26H,1,4,12H2,2H3. The molecule has 0 fully saturated rings. The van der Waals surface area contributed by atoms with Gasteiger partial charge in [-0.25, -0.2) is 0 Å². The molecular weight excluding hydrogens is 413 g/mol. The molecule has 1 aliphatic heterocycles. The molecule has 0 unspecified atom stereocenters. The number of amides is 2. The Morgan fingerprint density at radius 2 is 1.77 bits per heavy atom. The largest absolute Gasteiger partial charge is 0.573 e. The number of ether oxygens (including phenoxy) is 2. The fourth-order valence-electron chi connectivity index (χ4n) is 3.05. The van der Waals surface area contributed by atoms with E-state index in [0.717, 1.165) is 17.0 Å². The van der Waals surface area contributed by atoms with Gasteiger partial charge >= 0.3 is 6.36 Å². The van der Waals surface area contributed by atoms with E-state index in [0.29, 0.717) is 17.9 Å².